The highest BCUT2D eigenvalue weighted by atomic mass is 16.5. The van der Waals surface area contributed by atoms with E-state index < -0.39 is 0 Å². The van der Waals surface area contributed by atoms with Crippen molar-refractivity contribution in [3.63, 3.8) is 0 Å². The van der Waals surface area contributed by atoms with Crippen LogP contribution in [-0.4, -0.2) is 17.6 Å². The van der Waals surface area contributed by atoms with E-state index >= 15 is 0 Å². The van der Waals surface area contributed by atoms with Gasteiger partial charge in [-0.05, 0) is 24.1 Å². The van der Waals surface area contributed by atoms with Crippen LogP contribution in [0.2, 0.25) is 0 Å². The number of carbonyl (C=O) groups excluding carboxylic acids is 1. The predicted molar refractivity (Wildman–Crippen MR) is 94.0 cm³/mol. The first-order valence-corrected chi connectivity index (χ1v) is 7.69. The van der Waals surface area contributed by atoms with Crippen molar-refractivity contribution in [3.8, 4) is 11.3 Å². The zero-order valence-corrected chi connectivity index (χ0v) is 13.3. The molecular formula is C20H19NO2. The summed E-state index contributed by atoms with van der Waals surface area (Å²) in [6.07, 6.45) is 2.30. The number of ether oxygens (including phenoxy) is 1. The zero-order chi connectivity index (χ0) is 16.2. The second kappa shape index (κ2) is 6.53. The maximum atomic E-state index is 11.7. The van der Waals surface area contributed by atoms with Gasteiger partial charge in [0.05, 0.1) is 18.3 Å². The molecule has 0 saturated carbocycles. The van der Waals surface area contributed by atoms with Gasteiger partial charge in [0.15, 0.2) is 0 Å². The molecule has 1 heterocycles. The summed E-state index contributed by atoms with van der Waals surface area (Å²) < 4.78 is 6.95. The number of nitrogens with zero attached hydrogens (tertiary/aromatic N) is 1. The number of para-hydroxylation sites is 1. The average Bonchev–Trinajstić information content (AvgIpc) is 2.99. The van der Waals surface area contributed by atoms with E-state index in [1.165, 1.54) is 7.11 Å². The summed E-state index contributed by atoms with van der Waals surface area (Å²) in [5.41, 5.74) is 4.19. The maximum absolute atomic E-state index is 11.7. The van der Waals surface area contributed by atoms with Gasteiger partial charge in [-0.1, -0.05) is 55.5 Å². The first-order valence-electron chi connectivity index (χ1n) is 7.69. The first-order chi connectivity index (χ1) is 11.2. The van der Waals surface area contributed by atoms with E-state index in [1.54, 1.807) is 6.08 Å². The summed E-state index contributed by atoms with van der Waals surface area (Å²) in [6.45, 7) is 2.04. The number of benzene rings is 2. The van der Waals surface area contributed by atoms with E-state index in [1.807, 2.05) is 37.3 Å². The lowest BCUT2D eigenvalue weighted by atomic mass is 10.1. The van der Waals surface area contributed by atoms with Gasteiger partial charge >= 0.3 is 5.97 Å². The lowest BCUT2D eigenvalue weighted by Crippen LogP contribution is -2.03. The van der Waals surface area contributed by atoms with Crippen LogP contribution in [0.3, 0.4) is 0 Å². The summed E-state index contributed by atoms with van der Waals surface area (Å²) in [6, 6.07) is 20.6. The van der Waals surface area contributed by atoms with E-state index in [0.29, 0.717) is 0 Å². The zero-order valence-electron chi connectivity index (χ0n) is 13.3. The Kier molecular flexibility index (Phi) is 4.29. The van der Waals surface area contributed by atoms with Crippen LogP contribution in [0, 0.1) is 0 Å². The van der Waals surface area contributed by atoms with Crippen LogP contribution in [0.25, 0.3) is 27.9 Å². The highest BCUT2D eigenvalue weighted by molar-refractivity contribution is 5.94. The van der Waals surface area contributed by atoms with Gasteiger partial charge in [-0.25, -0.2) is 4.79 Å². The third-order valence-electron chi connectivity index (χ3n) is 3.92. The Bertz CT molecular complexity index is 860. The molecule has 3 nitrogen and oxygen atoms in total. The number of hydrogen-bond donors (Lipinski definition) is 0. The maximum Gasteiger partial charge on any atom is 0.332 e. The molecule has 0 amide bonds. The molecule has 0 atom stereocenters. The van der Waals surface area contributed by atoms with Crippen LogP contribution in [-0.2, 0) is 9.53 Å². The summed E-state index contributed by atoms with van der Waals surface area (Å²) in [5.74, 6) is -0.335. The van der Waals surface area contributed by atoms with Crippen LogP contribution in [0.5, 0.6) is 0 Å². The Morgan fingerprint density at radius 1 is 1.09 bits per heavy atom. The quantitative estimate of drug-likeness (QED) is 0.515. The Labute approximate surface area is 135 Å². The molecule has 0 radical (unpaired) electrons. The molecular weight excluding hydrogens is 286 g/mol. The number of rotatable bonds is 4. The van der Waals surface area contributed by atoms with Gasteiger partial charge in [-0.2, -0.15) is 0 Å². The fourth-order valence-corrected chi connectivity index (χ4v) is 2.81. The number of esters is 1. The summed E-state index contributed by atoms with van der Waals surface area (Å²) in [4.78, 5) is 11.7. The highest BCUT2D eigenvalue weighted by Crippen LogP contribution is 2.32. The molecule has 3 aromatic rings. The van der Waals surface area contributed by atoms with Crippen LogP contribution in [0.1, 0.15) is 13.3 Å². The lowest BCUT2D eigenvalue weighted by molar-refractivity contribution is -0.134. The monoisotopic (exact) mass is 305 g/mol. The average molecular weight is 305 g/mol. The Hall–Kier alpha value is -2.81. The van der Waals surface area contributed by atoms with Crippen molar-refractivity contribution in [3.05, 3.63) is 66.7 Å². The number of allylic oxidation sites excluding steroid dienone is 1. The third kappa shape index (κ3) is 2.90. The van der Waals surface area contributed by atoms with Crippen molar-refractivity contribution in [2.24, 2.45) is 0 Å². The molecule has 0 saturated heterocycles. The summed E-state index contributed by atoms with van der Waals surface area (Å²) in [5, 5.41) is 1.15. The van der Waals surface area contributed by atoms with E-state index in [4.69, 9.17) is 4.74 Å². The van der Waals surface area contributed by atoms with Gasteiger partial charge in [0.1, 0.15) is 0 Å². The molecule has 0 N–H and O–H groups in total. The number of methoxy groups -OCH3 is 1. The summed E-state index contributed by atoms with van der Waals surface area (Å²) >= 11 is 0. The van der Waals surface area contributed by atoms with E-state index in [0.717, 1.165) is 34.3 Å². The normalized spacial score (nSPS) is 11.7. The molecule has 0 aliphatic carbocycles. The number of aromatic nitrogens is 1. The number of hydrogen-bond acceptors (Lipinski definition) is 2. The van der Waals surface area contributed by atoms with Crippen molar-refractivity contribution < 1.29 is 9.53 Å². The summed E-state index contributed by atoms with van der Waals surface area (Å²) in [7, 11) is 1.40. The largest absolute Gasteiger partial charge is 0.466 e. The Morgan fingerprint density at radius 2 is 1.78 bits per heavy atom. The van der Waals surface area contributed by atoms with E-state index in [2.05, 4.69) is 34.9 Å². The Balaban J connectivity index is 2.29. The molecule has 1 aromatic heterocycles. The fraction of sp³-hybridized carbons (Fsp3) is 0.150. The van der Waals surface area contributed by atoms with Crippen LogP contribution in [0.15, 0.2) is 66.7 Å². The van der Waals surface area contributed by atoms with Crippen LogP contribution < -0.4 is 0 Å². The molecule has 23 heavy (non-hydrogen) atoms. The van der Waals surface area contributed by atoms with Gasteiger partial charge < -0.3 is 9.30 Å². The second-order valence-corrected chi connectivity index (χ2v) is 5.30. The van der Waals surface area contributed by atoms with E-state index in [9.17, 15) is 4.79 Å². The van der Waals surface area contributed by atoms with Gasteiger partial charge in [0, 0.05) is 17.2 Å². The molecule has 0 aliphatic rings. The third-order valence-corrected chi connectivity index (χ3v) is 3.92. The van der Waals surface area contributed by atoms with Crippen LogP contribution in [0.4, 0.5) is 0 Å². The molecule has 116 valence electrons. The van der Waals surface area contributed by atoms with Crippen molar-refractivity contribution in [1.82, 2.24) is 4.57 Å². The van der Waals surface area contributed by atoms with Crippen molar-refractivity contribution >= 4 is 22.6 Å². The molecule has 3 heteroatoms. The first kappa shape index (κ1) is 15.1. The fourth-order valence-electron chi connectivity index (χ4n) is 2.81. The van der Waals surface area contributed by atoms with Gasteiger partial charge in [0.2, 0.25) is 0 Å². The molecule has 2 aromatic carbocycles. The molecule has 0 aliphatic heterocycles. The second-order valence-electron chi connectivity index (χ2n) is 5.30. The lowest BCUT2D eigenvalue weighted by Gasteiger charge is -2.13. The standard InChI is InChI=1S/C20H19NO2/c1-3-17(14-20(22)23-2)21-18-12-8-7-11-16(18)13-19(21)15-9-5-4-6-10-15/h4-14H,3H2,1-2H3/b17-14-. The van der Waals surface area contributed by atoms with Crippen molar-refractivity contribution in [2.45, 2.75) is 13.3 Å². The topological polar surface area (TPSA) is 31.2 Å². The SMILES string of the molecule is CC/C(=C/C(=O)OC)n1c(-c2ccccc2)cc2ccccc21. The minimum atomic E-state index is -0.335. The molecule has 0 bridgehead atoms. The minimum absolute atomic E-state index is 0.335. The smallest absolute Gasteiger partial charge is 0.332 e. The van der Waals surface area contributed by atoms with Gasteiger partial charge in [0.25, 0.3) is 0 Å². The molecule has 0 unspecified atom stereocenters. The van der Waals surface area contributed by atoms with Gasteiger partial charge in [-0.3, -0.25) is 0 Å². The Morgan fingerprint density at radius 3 is 2.48 bits per heavy atom. The molecule has 3 rings (SSSR count). The highest BCUT2D eigenvalue weighted by Gasteiger charge is 2.14. The van der Waals surface area contributed by atoms with Crippen molar-refractivity contribution in [2.75, 3.05) is 7.11 Å². The van der Waals surface area contributed by atoms with Crippen LogP contribution >= 0.6 is 0 Å². The molecule has 0 spiro atoms. The van der Waals surface area contributed by atoms with E-state index in [-0.39, 0.29) is 5.97 Å². The van der Waals surface area contributed by atoms with Crippen molar-refractivity contribution in [1.29, 1.82) is 0 Å². The number of carbonyl (C=O) groups is 1. The van der Waals surface area contributed by atoms with Gasteiger partial charge in [-0.15, -0.1) is 0 Å². The number of fused-ring (bicyclic) bond motifs is 1. The molecule has 0 fully saturated rings. The minimum Gasteiger partial charge on any atom is -0.466 e. The predicted octanol–water partition coefficient (Wildman–Crippen LogP) is 4.73.